The molecule has 0 fully saturated rings. The lowest BCUT2D eigenvalue weighted by Gasteiger charge is -2.08. The second-order valence-corrected chi connectivity index (χ2v) is 7.84. The minimum Gasteiger partial charge on any atom is -0.461 e. The van der Waals surface area contributed by atoms with Gasteiger partial charge in [-0.3, -0.25) is 9.59 Å². The average Bonchev–Trinajstić information content (AvgIpc) is 2.61. The van der Waals surface area contributed by atoms with E-state index in [0.29, 0.717) is 10.7 Å². The van der Waals surface area contributed by atoms with Gasteiger partial charge in [-0.05, 0) is 42.0 Å². The van der Waals surface area contributed by atoms with E-state index in [9.17, 15) is 18.0 Å². The van der Waals surface area contributed by atoms with Gasteiger partial charge in [0.05, 0.1) is 11.3 Å². The molecule has 1 amide bonds. The van der Waals surface area contributed by atoms with E-state index in [1.807, 2.05) is 0 Å². The van der Waals surface area contributed by atoms with Crippen LogP contribution in [0, 0.1) is 0 Å². The second kappa shape index (κ2) is 9.50. The van der Waals surface area contributed by atoms with Gasteiger partial charge in [0.1, 0.15) is 6.61 Å². The normalized spacial score (nSPS) is 11.0. The summed E-state index contributed by atoms with van der Waals surface area (Å²) in [5.41, 5.74) is 1.28. The molecule has 2 N–H and O–H groups in total. The van der Waals surface area contributed by atoms with Gasteiger partial charge in [-0.2, -0.15) is 0 Å². The van der Waals surface area contributed by atoms with Crippen molar-refractivity contribution < 1.29 is 22.7 Å². The third-order valence-corrected chi connectivity index (χ3v) is 5.15. The maximum atomic E-state index is 12.2. The van der Waals surface area contributed by atoms with Gasteiger partial charge in [0.25, 0.3) is 0 Å². The van der Waals surface area contributed by atoms with Gasteiger partial charge in [0.2, 0.25) is 15.9 Å². The van der Waals surface area contributed by atoms with Gasteiger partial charge >= 0.3 is 5.97 Å². The molecular formula is C18H19ClN2O5S. The minimum atomic E-state index is -3.76. The zero-order valence-electron chi connectivity index (χ0n) is 14.6. The largest absolute Gasteiger partial charge is 0.461 e. The van der Waals surface area contributed by atoms with Crippen LogP contribution in [0.25, 0.3) is 0 Å². The van der Waals surface area contributed by atoms with Crippen LogP contribution >= 0.6 is 11.6 Å². The Morgan fingerprint density at radius 3 is 2.26 bits per heavy atom. The molecule has 2 aromatic rings. The molecule has 0 aliphatic carbocycles. The number of hydrogen-bond acceptors (Lipinski definition) is 5. The summed E-state index contributed by atoms with van der Waals surface area (Å²) in [6, 6.07) is 12.6. The highest BCUT2D eigenvalue weighted by atomic mass is 35.5. The Bertz CT molecular complexity index is 896. The van der Waals surface area contributed by atoms with Crippen LogP contribution in [-0.4, -0.2) is 26.8 Å². The molecule has 2 aromatic carbocycles. The maximum Gasteiger partial charge on any atom is 0.307 e. The Balaban J connectivity index is 1.79. The predicted molar refractivity (Wildman–Crippen MR) is 102 cm³/mol. The Labute approximate surface area is 162 Å². The highest BCUT2D eigenvalue weighted by Gasteiger charge is 2.14. The lowest BCUT2D eigenvalue weighted by Crippen LogP contribution is -2.26. The smallest absolute Gasteiger partial charge is 0.307 e. The zero-order valence-corrected chi connectivity index (χ0v) is 16.1. The first kappa shape index (κ1) is 20.9. The van der Waals surface area contributed by atoms with Crippen molar-refractivity contribution in [3.63, 3.8) is 0 Å². The third kappa shape index (κ3) is 7.01. The number of halogens is 1. The van der Waals surface area contributed by atoms with Crippen LogP contribution in [-0.2, 0) is 31.0 Å². The minimum absolute atomic E-state index is 0.0335. The molecule has 27 heavy (non-hydrogen) atoms. The Kier molecular flexibility index (Phi) is 7.35. The van der Waals surface area contributed by atoms with Crippen molar-refractivity contribution >= 4 is 39.2 Å². The number of hydrogen-bond donors (Lipinski definition) is 2. The molecule has 0 aromatic heterocycles. The Morgan fingerprint density at radius 1 is 1.04 bits per heavy atom. The van der Waals surface area contributed by atoms with Gasteiger partial charge in [-0.1, -0.05) is 23.7 Å². The molecule has 0 aliphatic rings. The zero-order chi connectivity index (χ0) is 19.9. The number of ether oxygens (including phenoxy) is 1. The predicted octanol–water partition coefficient (Wildman–Crippen LogP) is 2.71. The molecule has 0 heterocycles. The topological polar surface area (TPSA) is 102 Å². The summed E-state index contributed by atoms with van der Waals surface area (Å²) in [6.45, 7) is 1.36. The van der Waals surface area contributed by atoms with Crippen molar-refractivity contribution in [1.82, 2.24) is 4.72 Å². The van der Waals surface area contributed by atoms with Crippen molar-refractivity contribution in [3.05, 3.63) is 59.1 Å². The van der Waals surface area contributed by atoms with Crippen LogP contribution in [0.4, 0.5) is 5.69 Å². The van der Waals surface area contributed by atoms with Gasteiger partial charge < -0.3 is 10.1 Å². The molecule has 9 heteroatoms. The molecule has 2 rings (SSSR count). The molecular weight excluding hydrogens is 392 g/mol. The van der Waals surface area contributed by atoms with E-state index in [0.717, 1.165) is 5.56 Å². The summed E-state index contributed by atoms with van der Waals surface area (Å²) in [4.78, 5) is 22.7. The van der Waals surface area contributed by atoms with Crippen LogP contribution in [0.15, 0.2) is 53.4 Å². The first-order valence-electron chi connectivity index (χ1n) is 8.04. The fourth-order valence-corrected chi connectivity index (χ4v) is 3.27. The van der Waals surface area contributed by atoms with Crippen LogP contribution in [0.1, 0.15) is 18.9 Å². The summed E-state index contributed by atoms with van der Waals surface area (Å²) < 4.78 is 31.8. The molecule has 0 radical (unpaired) electrons. The summed E-state index contributed by atoms with van der Waals surface area (Å²) in [5, 5.41) is 3.14. The molecule has 0 unspecified atom stereocenters. The van der Waals surface area contributed by atoms with Gasteiger partial charge in [-0.25, -0.2) is 13.1 Å². The van der Waals surface area contributed by atoms with E-state index in [1.165, 1.54) is 31.2 Å². The highest BCUT2D eigenvalue weighted by Crippen LogP contribution is 2.14. The van der Waals surface area contributed by atoms with Crippen molar-refractivity contribution in [3.8, 4) is 0 Å². The molecule has 0 atom stereocenters. The van der Waals surface area contributed by atoms with E-state index in [2.05, 4.69) is 10.0 Å². The summed E-state index contributed by atoms with van der Waals surface area (Å²) >= 11 is 5.78. The van der Waals surface area contributed by atoms with Crippen molar-refractivity contribution in [1.29, 1.82) is 0 Å². The highest BCUT2D eigenvalue weighted by molar-refractivity contribution is 7.89. The molecule has 0 saturated carbocycles. The Morgan fingerprint density at radius 2 is 1.67 bits per heavy atom. The van der Waals surface area contributed by atoms with E-state index in [1.54, 1.807) is 24.3 Å². The monoisotopic (exact) mass is 410 g/mol. The van der Waals surface area contributed by atoms with E-state index in [4.69, 9.17) is 16.3 Å². The SMILES string of the molecule is CC(=O)Nc1ccc(S(=O)(=O)NCCC(=O)OCc2ccc(Cl)cc2)cc1. The van der Waals surface area contributed by atoms with Crippen molar-refractivity contribution in [2.45, 2.75) is 24.8 Å². The second-order valence-electron chi connectivity index (χ2n) is 5.64. The van der Waals surface area contributed by atoms with Gasteiger partial charge in [0, 0.05) is 24.2 Å². The van der Waals surface area contributed by atoms with Crippen LogP contribution in [0.2, 0.25) is 5.02 Å². The molecule has 0 aliphatic heterocycles. The van der Waals surface area contributed by atoms with Crippen molar-refractivity contribution in [2.75, 3.05) is 11.9 Å². The van der Waals surface area contributed by atoms with Crippen LogP contribution < -0.4 is 10.0 Å². The lowest BCUT2D eigenvalue weighted by molar-refractivity contribution is -0.144. The average molecular weight is 411 g/mol. The molecule has 0 spiro atoms. The summed E-state index contributed by atoms with van der Waals surface area (Å²) in [7, 11) is -3.76. The first-order valence-corrected chi connectivity index (χ1v) is 9.90. The van der Waals surface area contributed by atoms with Gasteiger partial charge in [-0.15, -0.1) is 0 Å². The summed E-state index contributed by atoms with van der Waals surface area (Å²) in [6.07, 6.45) is -0.100. The lowest BCUT2D eigenvalue weighted by atomic mass is 10.2. The number of sulfonamides is 1. The Hall–Kier alpha value is -2.42. The fourth-order valence-electron chi connectivity index (χ4n) is 2.11. The number of esters is 1. The van der Waals surface area contributed by atoms with Crippen LogP contribution in [0.3, 0.4) is 0 Å². The quantitative estimate of drug-likeness (QED) is 0.651. The number of rotatable bonds is 8. The van der Waals surface area contributed by atoms with Gasteiger partial charge in [0.15, 0.2) is 0 Å². The number of anilines is 1. The van der Waals surface area contributed by atoms with Crippen molar-refractivity contribution in [2.24, 2.45) is 0 Å². The third-order valence-electron chi connectivity index (χ3n) is 3.42. The van der Waals surface area contributed by atoms with E-state index < -0.39 is 16.0 Å². The fraction of sp³-hybridized carbons (Fsp3) is 0.222. The number of benzene rings is 2. The number of amides is 1. The standard InChI is InChI=1S/C18H19ClN2O5S/c1-13(22)21-16-6-8-17(9-7-16)27(24,25)20-11-10-18(23)26-12-14-2-4-15(19)5-3-14/h2-9,20H,10-12H2,1H3,(H,21,22). The summed E-state index contributed by atoms with van der Waals surface area (Å²) in [5.74, 6) is -0.769. The first-order chi connectivity index (χ1) is 12.8. The molecule has 0 bridgehead atoms. The maximum absolute atomic E-state index is 12.2. The molecule has 7 nitrogen and oxygen atoms in total. The van der Waals surface area contributed by atoms with E-state index >= 15 is 0 Å². The van der Waals surface area contributed by atoms with E-state index in [-0.39, 0.29) is 30.4 Å². The molecule has 0 saturated heterocycles. The number of nitrogens with one attached hydrogen (secondary N) is 2. The number of carbonyl (C=O) groups excluding carboxylic acids is 2. The molecule has 144 valence electrons. The number of carbonyl (C=O) groups is 2. The van der Waals surface area contributed by atoms with Crippen LogP contribution in [0.5, 0.6) is 0 Å².